The Morgan fingerprint density at radius 3 is 2.81 bits per heavy atom. The normalized spacial score (nSPS) is 17.2. The van der Waals surface area contributed by atoms with Crippen LogP contribution in [-0.2, 0) is 4.74 Å². The van der Waals surface area contributed by atoms with Gasteiger partial charge in [-0.15, -0.1) is 0 Å². The molecule has 0 radical (unpaired) electrons. The molecule has 2 rings (SSSR count). The summed E-state index contributed by atoms with van der Waals surface area (Å²) in [7, 11) is 1.71. The molecule has 86 valence electrons. The zero-order valence-corrected chi connectivity index (χ0v) is 9.90. The van der Waals surface area contributed by atoms with Crippen LogP contribution in [0.2, 0.25) is 0 Å². The third-order valence-electron chi connectivity index (χ3n) is 2.99. The number of rotatable bonds is 3. The van der Waals surface area contributed by atoms with E-state index in [1.165, 1.54) is 5.56 Å². The molecule has 0 aliphatic carbocycles. The molecule has 1 aromatic rings. The number of para-hydroxylation sites is 1. The Balaban J connectivity index is 2.25. The Morgan fingerprint density at radius 1 is 1.31 bits per heavy atom. The third kappa shape index (κ3) is 2.21. The maximum Gasteiger partial charge on any atom is 0.122 e. The molecule has 1 aromatic carbocycles. The molecule has 1 aliphatic heterocycles. The van der Waals surface area contributed by atoms with E-state index in [1.807, 2.05) is 18.2 Å². The molecule has 2 heteroatoms. The van der Waals surface area contributed by atoms with Crippen molar-refractivity contribution >= 4 is 0 Å². The molecule has 0 spiro atoms. The van der Waals surface area contributed by atoms with Crippen LogP contribution in [0, 0.1) is 0 Å². The van der Waals surface area contributed by atoms with E-state index in [1.54, 1.807) is 7.11 Å². The van der Waals surface area contributed by atoms with Gasteiger partial charge < -0.3 is 9.47 Å². The predicted molar refractivity (Wildman–Crippen MR) is 64.7 cm³/mol. The summed E-state index contributed by atoms with van der Waals surface area (Å²) in [6.45, 7) is 3.00. The van der Waals surface area contributed by atoms with Crippen molar-refractivity contribution in [3.63, 3.8) is 0 Å². The predicted octanol–water partition coefficient (Wildman–Crippen LogP) is 3.49. The van der Waals surface area contributed by atoms with Gasteiger partial charge in [-0.25, -0.2) is 0 Å². The first-order valence-corrected chi connectivity index (χ1v) is 5.78. The first-order chi connectivity index (χ1) is 7.83. The molecular formula is C14H18O2. The van der Waals surface area contributed by atoms with Gasteiger partial charge in [0.1, 0.15) is 5.75 Å². The van der Waals surface area contributed by atoms with E-state index >= 15 is 0 Å². The van der Waals surface area contributed by atoms with Crippen LogP contribution < -0.4 is 4.74 Å². The summed E-state index contributed by atoms with van der Waals surface area (Å²) in [5, 5.41) is 0. The fourth-order valence-corrected chi connectivity index (χ4v) is 2.06. The van der Waals surface area contributed by atoms with Crippen LogP contribution >= 0.6 is 0 Å². The van der Waals surface area contributed by atoms with Gasteiger partial charge in [0.15, 0.2) is 0 Å². The van der Waals surface area contributed by atoms with Crippen molar-refractivity contribution in [1.82, 2.24) is 0 Å². The lowest BCUT2D eigenvalue weighted by Gasteiger charge is -2.22. The molecule has 1 heterocycles. The average Bonchev–Trinajstić information content (AvgIpc) is 2.39. The van der Waals surface area contributed by atoms with Crippen molar-refractivity contribution in [1.29, 1.82) is 0 Å². The molecule has 0 aromatic heterocycles. The second kappa shape index (κ2) is 5.06. The Hall–Kier alpha value is -1.44. The monoisotopic (exact) mass is 218 g/mol. The number of allylic oxidation sites excluding steroid dienone is 2. The van der Waals surface area contributed by atoms with E-state index in [9.17, 15) is 0 Å². The van der Waals surface area contributed by atoms with E-state index < -0.39 is 0 Å². The molecule has 16 heavy (non-hydrogen) atoms. The van der Waals surface area contributed by atoms with Gasteiger partial charge >= 0.3 is 0 Å². The maximum absolute atomic E-state index is 5.70. The van der Waals surface area contributed by atoms with Crippen molar-refractivity contribution in [3.8, 4) is 5.75 Å². The highest BCUT2D eigenvalue weighted by Gasteiger charge is 2.18. The van der Waals surface area contributed by atoms with E-state index in [0.717, 1.165) is 31.0 Å². The van der Waals surface area contributed by atoms with Gasteiger partial charge in [0.2, 0.25) is 0 Å². The summed E-state index contributed by atoms with van der Waals surface area (Å²) in [4.78, 5) is 0. The lowest BCUT2D eigenvalue weighted by Crippen LogP contribution is -2.08. The van der Waals surface area contributed by atoms with Crippen LogP contribution in [0.5, 0.6) is 5.75 Å². The molecule has 0 bridgehead atoms. The van der Waals surface area contributed by atoms with Crippen molar-refractivity contribution in [2.75, 3.05) is 13.7 Å². The van der Waals surface area contributed by atoms with Crippen LogP contribution in [0.4, 0.5) is 0 Å². The van der Waals surface area contributed by atoms with Gasteiger partial charge in [-0.1, -0.05) is 25.1 Å². The van der Waals surface area contributed by atoms with Gasteiger partial charge in [0.25, 0.3) is 0 Å². The number of hydrogen-bond acceptors (Lipinski definition) is 2. The van der Waals surface area contributed by atoms with Crippen molar-refractivity contribution in [2.45, 2.75) is 25.7 Å². The highest BCUT2D eigenvalue weighted by Crippen LogP contribution is 2.33. The second-order valence-electron chi connectivity index (χ2n) is 4.06. The first kappa shape index (κ1) is 11.1. The van der Waals surface area contributed by atoms with Crippen LogP contribution in [-0.4, -0.2) is 13.7 Å². The third-order valence-corrected chi connectivity index (χ3v) is 2.99. The molecule has 1 unspecified atom stereocenters. The fraction of sp³-hybridized carbons (Fsp3) is 0.429. The summed E-state index contributed by atoms with van der Waals surface area (Å²) in [5.74, 6) is 2.29. The van der Waals surface area contributed by atoms with Crippen molar-refractivity contribution in [2.24, 2.45) is 0 Å². The SMILES string of the molecule is COc1ccccc1C(C)C1=CCCCO1. The largest absolute Gasteiger partial charge is 0.498 e. The zero-order valence-electron chi connectivity index (χ0n) is 9.90. The Bertz CT molecular complexity index is 382. The van der Waals surface area contributed by atoms with Gasteiger partial charge in [-0.2, -0.15) is 0 Å². The zero-order chi connectivity index (χ0) is 11.4. The van der Waals surface area contributed by atoms with Crippen molar-refractivity contribution in [3.05, 3.63) is 41.7 Å². The topological polar surface area (TPSA) is 18.5 Å². The highest BCUT2D eigenvalue weighted by atomic mass is 16.5. The number of methoxy groups -OCH3 is 1. The molecule has 0 amide bonds. The second-order valence-corrected chi connectivity index (χ2v) is 4.06. The minimum atomic E-state index is 0.274. The Labute approximate surface area is 96.9 Å². The van der Waals surface area contributed by atoms with E-state index in [-0.39, 0.29) is 5.92 Å². The smallest absolute Gasteiger partial charge is 0.122 e. The Kier molecular flexibility index (Phi) is 3.50. The van der Waals surface area contributed by atoms with Gasteiger partial charge in [0.05, 0.1) is 19.5 Å². The summed E-state index contributed by atoms with van der Waals surface area (Å²) in [5.41, 5.74) is 1.19. The molecule has 0 saturated heterocycles. The lowest BCUT2D eigenvalue weighted by atomic mass is 9.96. The summed E-state index contributed by atoms with van der Waals surface area (Å²) in [6.07, 6.45) is 4.44. The van der Waals surface area contributed by atoms with Crippen LogP contribution in [0.25, 0.3) is 0 Å². The van der Waals surface area contributed by atoms with Gasteiger partial charge in [-0.05, 0) is 25.0 Å². The summed E-state index contributed by atoms with van der Waals surface area (Å²) in [6, 6.07) is 8.13. The number of hydrogen-bond donors (Lipinski definition) is 0. The minimum Gasteiger partial charge on any atom is -0.498 e. The molecule has 1 aliphatic rings. The molecule has 0 saturated carbocycles. The van der Waals surface area contributed by atoms with E-state index in [2.05, 4.69) is 19.1 Å². The van der Waals surface area contributed by atoms with Gasteiger partial charge in [-0.3, -0.25) is 0 Å². The molecule has 0 fully saturated rings. The number of ether oxygens (including phenoxy) is 2. The Morgan fingerprint density at radius 2 is 2.12 bits per heavy atom. The highest BCUT2D eigenvalue weighted by molar-refractivity contribution is 5.39. The maximum atomic E-state index is 5.70. The lowest BCUT2D eigenvalue weighted by molar-refractivity contribution is 0.177. The molecule has 0 N–H and O–H groups in total. The molecular weight excluding hydrogens is 200 g/mol. The van der Waals surface area contributed by atoms with E-state index in [4.69, 9.17) is 9.47 Å². The molecule has 1 atom stereocenters. The van der Waals surface area contributed by atoms with Gasteiger partial charge in [0, 0.05) is 11.5 Å². The summed E-state index contributed by atoms with van der Waals surface area (Å²) >= 11 is 0. The fourth-order valence-electron chi connectivity index (χ4n) is 2.06. The minimum absolute atomic E-state index is 0.274. The molecule has 2 nitrogen and oxygen atoms in total. The van der Waals surface area contributed by atoms with E-state index in [0.29, 0.717) is 0 Å². The number of benzene rings is 1. The first-order valence-electron chi connectivity index (χ1n) is 5.78. The standard InChI is InChI=1S/C14H18O2/c1-11(13-8-5-6-10-16-13)12-7-3-4-9-14(12)15-2/h3-4,7-9,11H,5-6,10H2,1-2H3. The average molecular weight is 218 g/mol. The van der Waals surface area contributed by atoms with Crippen LogP contribution in [0.15, 0.2) is 36.1 Å². The van der Waals surface area contributed by atoms with Crippen molar-refractivity contribution < 1.29 is 9.47 Å². The summed E-state index contributed by atoms with van der Waals surface area (Å²) < 4.78 is 11.1. The van der Waals surface area contributed by atoms with Crippen LogP contribution in [0.1, 0.15) is 31.2 Å². The van der Waals surface area contributed by atoms with Crippen LogP contribution in [0.3, 0.4) is 0 Å². The quantitative estimate of drug-likeness (QED) is 0.773.